The highest BCUT2D eigenvalue weighted by molar-refractivity contribution is 5.98. The number of benzene rings is 1. The molecule has 0 radical (unpaired) electrons. The molecule has 0 aliphatic rings. The summed E-state index contributed by atoms with van der Waals surface area (Å²) in [6.07, 6.45) is 0.170. The van der Waals surface area contributed by atoms with Gasteiger partial charge in [-0.15, -0.1) is 0 Å². The molecule has 24 heavy (non-hydrogen) atoms. The highest BCUT2D eigenvalue weighted by atomic mass is 16.6. The molecule has 0 unspecified atom stereocenters. The third kappa shape index (κ3) is 5.55. The SMILES string of the molecule is CCc1ccc(N(CC)C(=O)[C@@H](NC(=O)OC(C)C)C(C)C)cc1. The van der Waals surface area contributed by atoms with Gasteiger partial charge in [-0.2, -0.15) is 0 Å². The zero-order valence-electron chi connectivity index (χ0n) is 15.6. The summed E-state index contributed by atoms with van der Waals surface area (Å²) in [5.74, 6) is -0.168. The maximum Gasteiger partial charge on any atom is 0.408 e. The van der Waals surface area contributed by atoms with Crippen molar-refractivity contribution in [1.82, 2.24) is 5.32 Å². The Morgan fingerprint density at radius 3 is 2.08 bits per heavy atom. The lowest BCUT2D eigenvalue weighted by Gasteiger charge is -2.29. The molecule has 1 N–H and O–H groups in total. The van der Waals surface area contributed by atoms with E-state index in [1.807, 2.05) is 45.0 Å². The molecule has 1 rings (SSSR count). The molecule has 1 atom stereocenters. The molecule has 2 amide bonds. The smallest absolute Gasteiger partial charge is 0.408 e. The Labute approximate surface area is 145 Å². The molecule has 0 heterocycles. The zero-order valence-corrected chi connectivity index (χ0v) is 15.6. The van der Waals surface area contributed by atoms with E-state index in [1.165, 1.54) is 5.56 Å². The number of nitrogens with zero attached hydrogens (tertiary/aromatic N) is 1. The average molecular weight is 334 g/mol. The fourth-order valence-corrected chi connectivity index (χ4v) is 2.43. The molecular weight excluding hydrogens is 304 g/mol. The van der Waals surface area contributed by atoms with Crippen molar-refractivity contribution >= 4 is 17.7 Å². The number of ether oxygens (including phenoxy) is 1. The van der Waals surface area contributed by atoms with Gasteiger partial charge in [-0.25, -0.2) is 4.79 Å². The number of aryl methyl sites for hydroxylation is 1. The molecule has 134 valence electrons. The molecule has 0 aliphatic carbocycles. The number of hydrogen-bond donors (Lipinski definition) is 1. The van der Waals surface area contributed by atoms with Crippen LogP contribution in [-0.2, 0) is 16.0 Å². The minimum Gasteiger partial charge on any atom is -0.447 e. The number of carbonyl (C=O) groups is 2. The predicted molar refractivity (Wildman–Crippen MR) is 97.2 cm³/mol. The van der Waals surface area contributed by atoms with Crippen molar-refractivity contribution in [2.24, 2.45) is 5.92 Å². The van der Waals surface area contributed by atoms with E-state index in [0.717, 1.165) is 12.1 Å². The van der Waals surface area contributed by atoms with Crippen molar-refractivity contribution in [1.29, 1.82) is 0 Å². The summed E-state index contributed by atoms with van der Waals surface area (Å²) in [5.41, 5.74) is 2.06. The van der Waals surface area contributed by atoms with Gasteiger partial charge >= 0.3 is 6.09 Å². The number of likely N-dealkylation sites (N-methyl/N-ethyl adjacent to an activating group) is 1. The standard InChI is InChI=1S/C19H30N2O3/c1-7-15-9-11-16(12-10-15)21(8-2)18(22)17(13(3)4)20-19(23)24-14(5)6/h9-14,17H,7-8H2,1-6H3,(H,20,23)/t17-/m0/s1. The Balaban J connectivity index is 2.94. The number of rotatable bonds is 7. The molecule has 0 spiro atoms. The van der Waals surface area contributed by atoms with E-state index in [0.29, 0.717) is 6.54 Å². The second-order valence-corrected chi connectivity index (χ2v) is 6.42. The van der Waals surface area contributed by atoms with Gasteiger partial charge in [0.15, 0.2) is 0 Å². The molecule has 0 aliphatic heterocycles. The minimum atomic E-state index is -0.623. The third-order valence-corrected chi connectivity index (χ3v) is 3.79. The molecule has 0 bridgehead atoms. The quantitative estimate of drug-likeness (QED) is 0.826. The third-order valence-electron chi connectivity index (χ3n) is 3.79. The van der Waals surface area contributed by atoms with E-state index in [4.69, 9.17) is 4.74 Å². The predicted octanol–water partition coefficient (Wildman–Crippen LogP) is 3.76. The van der Waals surface area contributed by atoms with Gasteiger partial charge < -0.3 is 15.0 Å². The summed E-state index contributed by atoms with van der Waals surface area (Å²) in [5, 5.41) is 2.70. The fraction of sp³-hybridized carbons (Fsp3) is 0.579. The first-order valence-corrected chi connectivity index (χ1v) is 8.67. The van der Waals surface area contributed by atoms with Gasteiger partial charge in [-0.1, -0.05) is 32.9 Å². The molecule has 0 fully saturated rings. The number of alkyl carbamates (subject to hydrolysis) is 1. The summed E-state index contributed by atoms with van der Waals surface area (Å²) in [4.78, 5) is 26.5. The van der Waals surface area contributed by atoms with Crippen molar-refractivity contribution < 1.29 is 14.3 Å². The van der Waals surface area contributed by atoms with Crippen molar-refractivity contribution in [3.05, 3.63) is 29.8 Å². The van der Waals surface area contributed by atoms with E-state index < -0.39 is 12.1 Å². The number of anilines is 1. The van der Waals surface area contributed by atoms with Crippen LogP contribution in [-0.4, -0.2) is 30.7 Å². The normalized spacial score (nSPS) is 12.2. The van der Waals surface area contributed by atoms with Crippen LogP contribution in [0.4, 0.5) is 10.5 Å². The molecule has 0 saturated carbocycles. The number of carbonyl (C=O) groups excluding carboxylic acids is 2. The van der Waals surface area contributed by atoms with Crippen molar-refractivity contribution in [3.8, 4) is 0 Å². The first kappa shape index (κ1) is 20.0. The molecule has 5 nitrogen and oxygen atoms in total. The molecule has 5 heteroatoms. The number of nitrogens with one attached hydrogen (secondary N) is 1. The van der Waals surface area contributed by atoms with Crippen LogP contribution in [0.3, 0.4) is 0 Å². The topological polar surface area (TPSA) is 58.6 Å². The lowest BCUT2D eigenvalue weighted by Crippen LogP contribution is -2.51. The van der Waals surface area contributed by atoms with Crippen molar-refractivity contribution in [2.75, 3.05) is 11.4 Å². The summed E-state index contributed by atoms with van der Waals surface area (Å²) in [6.45, 7) is 11.9. The van der Waals surface area contributed by atoms with Crippen LogP contribution < -0.4 is 10.2 Å². The lowest BCUT2D eigenvalue weighted by atomic mass is 10.0. The molecule has 0 saturated heterocycles. The van der Waals surface area contributed by atoms with Crippen LogP contribution in [0.25, 0.3) is 0 Å². The first-order valence-electron chi connectivity index (χ1n) is 8.67. The van der Waals surface area contributed by atoms with Crippen LogP contribution in [0.2, 0.25) is 0 Å². The van der Waals surface area contributed by atoms with Crippen LogP contribution in [0.1, 0.15) is 47.1 Å². The molecule has 1 aromatic carbocycles. The first-order chi connectivity index (χ1) is 11.3. The van der Waals surface area contributed by atoms with Gasteiger partial charge in [0.2, 0.25) is 5.91 Å². The van der Waals surface area contributed by atoms with Gasteiger partial charge in [-0.3, -0.25) is 4.79 Å². The van der Waals surface area contributed by atoms with E-state index in [2.05, 4.69) is 12.2 Å². The minimum absolute atomic E-state index is 0.0406. The van der Waals surface area contributed by atoms with E-state index in [1.54, 1.807) is 18.7 Å². The van der Waals surface area contributed by atoms with Crippen molar-refractivity contribution in [3.63, 3.8) is 0 Å². The number of amides is 2. The van der Waals surface area contributed by atoms with E-state index in [9.17, 15) is 9.59 Å². The Hall–Kier alpha value is -2.04. The van der Waals surface area contributed by atoms with Gasteiger partial charge in [0.25, 0.3) is 0 Å². The highest BCUT2D eigenvalue weighted by Gasteiger charge is 2.29. The fourth-order valence-electron chi connectivity index (χ4n) is 2.43. The van der Waals surface area contributed by atoms with Gasteiger partial charge in [0.05, 0.1) is 6.10 Å². The largest absolute Gasteiger partial charge is 0.447 e. The van der Waals surface area contributed by atoms with E-state index in [-0.39, 0.29) is 17.9 Å². The Bertz CT molecular complexity index is 538. The van der Waals surface area contributed by atoms with Crippen LogP contribution in [0.5, 0.6) is 0 Å². The summed E-state index contributed by atoms with van der Waals surface area (Å²) in [7, 11) is 0. The highest BCUT2D eigenvalue weighted by Crippen LogP contribution is 2.18. The van der Waals surface area contributed by atoms with Crippen LogP contribution in [0, 0.1) is 5.92 Å². The monoisotopic (exact) mass is 334 g/mol. The van der Waals surface area contributed by atoms with Gasteiger partial charge in [0.1, 0.15) is 6.04 Å². The zero-order chi connectivity index (χ0) is 18.3. The van der Waals surface area contributed by atoms with Gasteiger partial charge in [0, 0.05) is 12.2 Å². The van der Waals surface area contributed by atoms with Gasteiger partial charge in [-0.05, 0) is 50.8 Å². The average Bonchev–Trinajstić information content (AvgIpc) is 2.52. The Morgan fingerprint density at radius 1 is 1.08 bits per heavy atom. The second kappa shape index (κ2) is 9.30. The van der Waals surface area contributed by atoms with Crippen LogP contribution >= 0.6 is 0 Å². The molecule has 1 aromatic rings. The maximum atomic E-state index is 12.9. The van der Waals surface area contributed by atoms with Crippen molar-refractivity contribution in [2.45, 2.75) is 60.1 Å². The Kier molecular flexibility index (Phi) is 7.75. The summed E-state index contributed by atoms with van der Waals surface area (Å²) < 4.78 is 5.11. The number of hydrogen-bond acceptors (Lipinski definition) is 3. The molecule has 0 aromatic heterocycles. The lowest BCUT2D eigenvalue weighted by molar-refractivity contribution is -0.121. The van der Waals surface area contributed by atoms with Crippen LogP contribution in [0.15, 0.2) is 24.3 Å². The summed E-state index contributed by atoms with van der Waals surface area (Å²) in [6, 6.07) is 7.32. The maximum absolute atomic E-state index is 12.9. The Morgan fingerprint density at radius 2 is 1.67 bits per heavy atom. The van der Waals surface area contributed by atoms with E-state index >= 15 is 0 Å². The summed E-state index contributed by atoms with van der Waals surface area (Å²) >= 11 is 0. The second-order valence-electron chi connectivity index (χ2n) is 6.42. The molecular formula is C19H30N2O3.